The molecule has 0 aromatic heterocycles. The first-order chi connectivity index (χ1) is 17.9. The third-order valence-electron chi connectivity index (χ3n) is 6.75. The third-order valence-corrected chi connectivity index (χ3v) is 6.75. The molecule has 0 spiro atoms. The number of hydrogen-bond acceptors (Lipinski definition) is 4. The Balaban J connectivity index is 1.72. The van der Waals surface area contributed by atoms with Gasteiger partial charge in [0, 0.05) is 17.6 Å². The van der Waals surface area contributed by atoms with Gasteiger partial charge in [-0.15, -0.1) is 0 Å². The van der Waals surface area contributed by atoms with Crippen LogP contribution in [0.1, 0.15) is 18.4 Å². The maximum Gasteiger partial charge on any atom is 0.461 e. The minimum Gasteiger partial charge on any atom is -0.497 e. The number of methoxy groups -OCH3 is 1. The number of ether oxygens (including phenoxy) is 2. The van der Waals surface area contributed by atoms with E-state index in [2.05, 4.69) is 4.74 Å². The molecular weight excluding hydrogens is 519 g/mol. The average molecular weight is 545 g/mol. The lowest BCUT2D eigenvalue weighted by molar-refractivity contribution is -0.280. The maximum absolute atomic E-state index is 13.5. The molecule has 0 bridgehead atoms. The molecule has 0 radical (unpaired) electrons. The Labute approximate surface area is 215 Å². The molecule has 1 N–H and O–H groups in total. The van der Waals surface area contributed by atoms with Crippen molar-refractivity contribution < 1.29 is 45.3 Å². The van der Waals surface area contributed by atoms with E-state index < -0.39 is 49.1 Å². The van der Waals surface area contributed by atoms with Crippen molar-refractivity contribution in [1.82, 2.24) is 0 Å². The van der Waals surface area contributed by atoms with E-state index in [0.29, 0.717) is 24.3 Å². The van der Waals surface area contributed by atoms with Gasteiger partial charge in [-0.3, -0.25) is 0 Å². The monoisotopic (exact) mass is 545 g/mol. The molecule has 1 heterocycles. The van der Waals surface area contributed by atoms with Crippen LogP contribution in [0, 0.1) is 5.92 Å². The molecule has 1 unspecified atom stereocenters. The second-order valence-electron chi connectivity index (χ2n) is 9.19. The maximum atomic E-state index is 13.5. The van der Waals surface area contributed by atoms with Gasteiger partial charge in [0.05, 0.1) is 13.7 Å². The molecule has 4 rings (SSSR count). The molecule has 0 fully saturated rings. The zero-order valence-corrected chi connectivity index (χ0v) is 20.3. The first-order valence-corrected chi connectivity index (χ1v) is 11.9. The normalized spacial score (nSPS) is 20.7. The SMILES string of the molecule is COc1cccc(-c2cccc3c2CC[C@H](C2C=C(OC(F)(F)C(F)F)C=CC2)N3C[C@H](O)C(F)(F)F)c1. The molecule has 0 amide bonds. The van der Waals surface area contributed by atoms with Crippen molar-refractivity contribution in [2.24, 2.45) is 5.92 Å². The molecular formula is C27H26F7NO3. The Hall–Kier alpha value is -3.21. The lowest BCUT2D eigenvalue weighted by atomic mass is 9.81. The van der Waals surface area contributed by atoms with Gasteiger partial charge in [-0.05, 0) is 66.3 Å². The number of fused-ring (bicyclic) bond motifs is 1. The second-order valence-corrected chi connectivity index (χ2v) is 9.19. The third kappa shape index (κ3) is 5.92. The summed E-state index contributed by atoms with van der Waals surface area (Å²) in [6.07, 6.45) is -11.4. The molecule has 0 saturated heterocycles. The van der Waals surface area contributed by atoms with Crippen LogP contribution in [0.15, 0.2) is 66.5 Å². The van der Waals surface area contributed by atoms with E-state index in [0.717, 1.165) is 22.8 Å². The van der Waals surface area contributed by atoms with Crippen LogP contribution in [0.2, 0.25) is 0 Å². The zero-order chi connectivity index (χ0) is 27.7. The largest absolute Gasteiger partial charge is 0.497 e. The molecule has 1 aliphatic carbocycles. The Morgan fingerprint density at radius 1 is 1.08 bits per heavy atom. The molecule has 2 aromatic carbocycles. The fourth-order valence-electron chi connectivity index (χ4n) is 4.98. The van der Waals surface area contributed by atoms with Crippen LogP contribution in [0.5, 0.6) is 5.75 Å². The number of hydrogen-bond donors (Lipinski definition) is 1. The zero-order valence-electron chi connectivity index (χ0n) is 20.3. The molecule has 1 aliphatic heterocycles. The topological polar surface area (TPSA) is 41.9 Å². The Kier molecular flexibility index (Phi) is 7.96. The fraction of sp³-hybridized carbons (Fsp3) is 0.407. The van der Waals surface area contributed by atoms with E-state index in [1.807, 2.05) is 12.1 Å². The quantitative estimate of drug-likeness (QED) is 0.373. The van der Waals surface area contributed by atoms with Crippen molar-refractivity contribution >= 4 is 5.69 Å². The van der Waals surface area contributed by atoms with E-state index in [4.69, 9.17) is 4.74 Å². The summed E-state index contributed by atoms with van der Waals surface area (Å²) in [5.74, 6) is -0.512. The van der Waals surface area contributed by atoms with E-state index in [9.17, 15) is 35.8 Å². The van der Waals surface area contributed by atoms with Crippen molar-refractivity contribution in [1.29, 1.82) is 0 Å². The van der Waals surface area contributed by atoms with Crippen LogP contribution in [0.25, 0.3) is 11.1 Å². The van der Waals surface area contributed by atoms with Gasteiger partial charge in [0.1, 0.15) is 11.5 Å². The van der Waals surface area contributed by atoms with Gasteiger partial charge in [-0.25, -0.2) is 0 Å². The Morgan fingerprint density at radius 2 is 1.82 bits per heavy atom. The van der Waals surface area contributed by atoms with E-state index >= 15 is 0 Å². The predicted octanol–water partition coefficient (Wildman–Crippen LogP) is 6.74. The number of halogens is 7. The average Bonchev–Trinajstić information content (AvgIpc) is 2.87. The molecule has 0 saturated carbocycles. The number of alkyl halides is 7. The number of allylic oxidation sites excluding steroid dienone is 2. The highest BCUT2D eigenvalue weighted by Crippen LogP contribution is 2.42. The predicted molar refractivity (Wildman–Crippen MR) is 127 cm³/mol. The molecule has 38 heavy (non-hydrogen) atoms. The highest BCUT2D eigenvalue weighted by molar-refractivity contribution is 5.76. The first-order valence-electron chi connectivity index (χ1n) is 11.9. The number of β-amino-alcohol motifs (C(OH)–C–C–N with tert-alkyl or cyclic N) is 1. The van der Waals surface area contributed by atoms with Crippen LogP contribution in [-0.2, 0) is 11.2 Å². The molecule has 11 heteroatoms. The molecule has 3 atom stereocenters. The minimum absolute atomic E-state index is 0.265. The molecule has 206 valence electrons. The molecule has 4 nitrogen and oxygen atoms in total. The lowest BCUT2D eigenvalue weighted by Gasteiger charge is -2.44. The van der Waals surface area contributed by atoms with Crippen molar-refractivity contribution in [2.45, 2.75) is 50.1 Å². The van der Waals surface area contributed by atoms with E-state index in [1.165, 1.54) is 24.2 Å². The van der Waals surface area contributed by atoms with Gasteiger partial charge in [0.2, 0.25) is 0 Å². The smallest absolute Gasteiger partial charge is 0.461 e. The lowest BCUT2D eigenvalue weighted by Crippen LogP contribution is -2.50. The van der Waals surface area contributed by atoms with Crippen molar-refractivity contribution in [2.75, 3.05) is 18.6 Å². The summed E-state index contributed by atoms with van der Waals surface area (Å²) in [7, 11) is 1.52. The molecule has 2 aliphatic rings. The van der Waals surface area contributed by atoms with Crippen LogP contribution in [0.4, 0.5) is 36.4 Å². The van der Waals surface area contributed by atoms with Gasteiger partial charge in [-0.1, -0.05) is 30.3 Å². The highest BCUT2D eigenvalue weighted by atomic mass is 19.4. The number of rotatable bonds is 8. The summed E-state index contributed by atoms with van der Waals surface area (Å²) >= 11 is 0. The van der Waals surface area contributed by atoms with E-state index in [1.54, 1.807) is 30.3 Å². The number of aliphatic hydroxyl groups is 1. The molecule has 2 aromatic rings. The van der Waals surface area contributed by atoms with Gasteiger partial charge in [0.15, 0.2) is 6.10 Å². The second kappa shape index (κ2) is 10.9. The van der Waals surface area contributed by atoms with Crippen LogP contribution >= 0.6 is 0 Å². The number of aliphatic hydroxyl groups excluding tert-OH is 1. The van der Waals surface area contributed by atoms with Gasteiger partial charge < -0.3 is 19.5 Å². The summed E-state index contributed by atoms with van der Waals surface area (Å²) in [6, 6.07) is 11.7. The van der Waals surface area contributed by atoms with Gasteiger partial charge in [0.25, 0.3) is 0 Å². The van der Waals surface area contributed by atoms with Crippen molar-refractivity contribution in [3.63, 3.8) is 0 Å². The Morgan fingerprint density at radius 3 is 2.50 bits per heavy atom. The number of anilines is 1. The standard InChI is InChI=1S/C27H26F7NO3/c1-37-18-7-2-5-16(13-18)20-9-4-10-23-21(20)11-12-22(35(23)15-24(36)26(30,31)32)17-6-3-8-19(14-17)38-27(33,34)25(28)29/h2-5,7-10,13-14,17,22,24-25,36H,6,11-12,15H2,1H3/t17?,22-,24+/m1/s1. The fourth-order valence-corrected chi connectivity index (χ4v) is 4.98. The minimum atomic E-state index is -4.89. The summed E-state index contributed by atoms with van der Waals surface area (Å²) in [6.45, 7) is -0.791. The first kappa shape index (κ1) is 27.8. The van der Waals surface area contributed by atoms with E-state index in [-0.39, 0.29) is 6.42 Å². The summed E-state index contributed by atoms with van der Waals surface area (Å²) < 4.78 is 102. The van der Waals surface area contributed by atoms with Gasteiger partial charge >= 0.3 is 18.7 Å². The summed E-state index contributed by atoms with van der Waals surface area (Å²) in [5.41, 5.74) is 2.81. The van der Waals surface area contributed by atoms with Crippen LogP contribution in [-0.4, -0.2) is 49.6 Å². The van der Waals surface area contributed by atoms with Crippen molar-refractivity contribution in [3.8, 4) is 16.9 Å². The Bertz CT molecular complexity index is 1200. The van der Waals surface area contributed by atoms with Crippen LogP contribution < -0.4 is 9.64 Å². The van der Waals surface area contributed by atoms with Crippen LogP contribution in [0.3, 0.4) is 0 Å². The number of benzene rings is 2. The van der Waals surface area contributed by atoms with Gasteiger partial charge in [-0.2, -0.15) is 30.7 Å². The number of nitrogens with zero attached hydrogens (tertiary/aromatic N) is 1. The highest BCUT2D eigenvalue weighted by Gasteiger charge is 2.45. The summed E-state index contributed by atoms with van der Waals surface area (Å²) in [4.78, 5) is 1.43. The summed E-state index contributed by atoms with van der Waals surface area (Å²) in [5, 5.41) is 9.98. The van der Waals surface area contributed by atoms with Crippen molar-refractivity contribution in [3.05, 3.63) is 72.0 Å².